The largest absolute Gasteiger partial charge is 0.481 e. The SMILES string of the molecule is O=C(O)CC(=O)Oc1ccccc1-c1ccccc1. The molecular formula is C15H12O4. The Labute approximate surface area is 110 Å². The average Bonchev–Trinajstić information content (AvgIpc) is 2.39. The number of rotatable bonds is 4. The number of aliphatic carboxylic acids is 1. The van der Waals surface area contributed by atoms with E-state index in [0.717, 1.165) is 11.1 Å². The Morgan fingerprint density at radius 1 is 0.947 bits per heavy atom. The van der Waals surface area contributed by atoms with Crippen LogP contribution in [0.5, 0.6) is 5.75 Å². The third kappa shape index (κ3) is 3.42. The summed E-state index contributed by atoms with van der Waals surface area (Å²) in [7, 11) is 0. The van der Waals surface area contributed by atoms with Crippen LogP contribution in [0.25, 0.3) is 11.1 Å². The minimum absolute atomic E-state index is 0.361. The molecule has 0 amide bonds. The van der Waals surface area contributed by atoms with Crippen LogP contribution in [0.3, 0.4) is 0 Å². The van der Waals surface area contributed by atoms with Crippen molar-refractivity contribution in [2.24, 2.45) is 0 Å². The second-order valence-corrected chi connectivity index (χ2v) is 3.91. The van der Waals surface area contributed by atoms with Gasteiger partial charge in [0.2, 0.25) is 0 Å². The predicted octanol–water partition coefficient (Wildman–Crippen LogP) is 2.73. The number of hydrogen-bond acceptors (Lipinski definition) is 3. The lowest BCUT2D eigenvalue weighted by Gasteiger charge is -2.09. The molecular weight excluding hydrogens is 244 g/mol. The molecule has 0 radical (unpaired) electrons. The van der Waals surface area contributed by atoms with Gasteiger partial charge in [0.25, 0.3) is 0 Å². The molecule has 0 spiro atoms. The van der Waals surface area contributed by atoms with Crippen molar-refractivity contribution in [1.29, 1.82) is 0 Å². The standard InChI is InChI=1S/C15H12O4/c16-14(17)10-15(18)19-13-9-5-4-8-12(13)11-6-2-1-3-7-11/h1-9H,10H2,(H,16,17). The van der Waals surface area contributed by atoms with Crippen LogP contribution in [-0.4, -0.2) is 17.0 Å². The summed E-state index contributed by atoms with van der Waals surface area (Å²) in [6, 6.07) is 16.5. The Hall–Kier alpha value is -2.62. The third-order valence-electron chi connectivity index (χ3n) is 2.49. The first-order valence-corrected chi connectivity index (χ1v) is 5.74. The Morgan fingerprint density at radius 2 is 1.58 bits per heavy atom. The van der Waals surface area contributed by atoms with Gasteiger partial charge in [-0.05, 0) is 11.6 Å². The van der Waals surface area contributed by atoms with E-state index >= 15 is 0 Å². The molecule has 4 nitrogen and oxygen atoms in total. The minimum atomic E-state index is -1.21. The molecule has 0 aliphatic carbocycles. The van der Waals surface area contributed by atoms with Crippen molar-refractivity contribution in [3.05, 3.63) is 54.6 Å². The second-order valence-electron chi connectivity index (χ2n) is 3.91. The van der Waals surface area contributed by atoms with Crippen LogP contribution in [0.4, 0.5) is 0 Å². The van der Waals surface area contributed by atoms with Gasteiger partial charge in [-0.25, -0.2) is 0 Å². The van der Waals surface area contributed by atoms with Crippen molar-refractivity contribution in [2.75, 3.05) is 0 Å². The first-order valence-electron chi connectivity index (χ1n) is 5.74. The molecule has 2 aromatic rings. The van der Waals surface area contributed by atoms with Crippen molar-refractivity contribution in [3.8, 4) is 16.9 Å². The van der Waals surface area contributed by atoms with Gasteiger partial charge in [-0.3, -0.25) is 9.59 Å². The highest BCUT2D eigenvalue weighted by Crippen LogP contribution is 2.29. The van der Waals surface area contributed by atoms with Crippen molar-refractivity contribution in [1.82, 2.24) is 0 Å². The Balaban J connectivity index is 2.27. The molecule has 0 fully saturated rings. The van der Waals surface area contributed by atoms with Crippen LogP contribution in [0.15, 0.2) is 54.6 Å². The molecule has 1 N–H and O–H groups in total. The molecule has 2 aromatic carbocycles. The maximum Gasteiger partial charge on any atom is 0.322 e. The summed E-state index contributed by atoms with van der Waals surface area (Å²) in [6.07, 6.45) is -0.650. The Bertz CT molecular complexity index is 590. The zero-order valence-corrected chi connectivity index (χ0v) is 10.1. The fourth-order valence-electron chi connectivity index (χ4n) is 1.69. The summed E-state index contributed by atoms with van der Waals surface area (Å²) in [6.45, 7) is 0. The van der Waals surface area contributed by atoms with Crippen molar-refractivity contribution in [3.63, 3.8) is 0 Å². The molecule has 2 rings (SSSR count). The lowest BCUT2D eigenvalue weighted by atomic mass is 10.1. The predicted molar refractivity (Wildman–Crippen MR) is 69.8 cm³/mol. The van der Waals surface area contributed by atoms with Crippen LogP contribution in [0.1, 0.15) is 6.42 Å². The van der Waals surface area contributed by atoms with Crippen molar-refractivity contribution < 1.29 is 19.4 Å². The van der Waals surface area contributed by atoms with E-state index in [-0.39, 0.29) is 0 Å². The lowest BCUT2D eigenvalue weighted by molar-refractivity contribution is -0.145. The summed E-state index contributed by atoms with van der Waals surface area (Å²) in [5.41, 5.74) is 1.66. The van der Waals surface area contributed by atoms with E-state index in [4.69, 9.17) is 9.84 Å². The number of benzene rings is 2. The summed E-state index contributed by atoms with van der Waals surface area (Å²) in [4.78, 5) is 21.9. The highest BCUT2D eigenvalue weighted by atomic mass is 16.5. The van der Waals surface area contributed by atoms with Gasteiger partial charge in [0.1, 0.15) is 12.2 Å². The molecule has 0 bridgehead atoms. The summed E-state index contributed by atoms with van der Waals surface area (Å²) in [5, 5.41) is 8.55. The summed E-state index contributed by atoms with van der Waals surface area (Å²) in [5.74, 6) is -1.63. The van der Waals surface area contributed by atoms with Gasteiger partial charge >= 0.3 is 11.9 Å². The van der Waals surface area contributed by atoms with Crippen molar-refractivity contribution in [2.45, 2.75) is 6.42 Å². The molecule has 0 aliphatic rings. The molecule has 0 unspecified atom stereocenters. The first-order chi connectivity index (χ1) is 9.16. The highest BCUT2D eigenvalue weighted by molar-refractivity contribution is 5.91. The van der Waals surface area contributed by atoms with Crippen LogP contribution in [-0.2, 0) is 9.59 Å². The fraction of sp³-hybridized carbons (Fsp3) is 0.0667. The zero-order chi connectivity index (χ0) is 13.7. The van der Waals surface area contributed by atoms with Gasteiger partial charge in [0.05, 0.1) is 0 Å². The molecule has 96 valence electrons. The molecule has 0 saturated heterocycles. The van der Waals surface area contributed by atoms with E-state index in [9.17, 15) is 9.59 Å². The van der Waals surface area contributed by atoms with Crippen LogP contribution in [0.2, 0.25) is 0 Å². The van der Waals surface area contributed by atoms with Gasteiger partial charge in [0.15, 0.2) is 0 Å². The quantitative estimate of drug-likeness (QED) is 0.519. The van der Waals surface area contributed by atoms with Crippen LogP contribution >= 0.6 is 0 Å². The van der Waals surface area contributed by atoms with Crippen LogP contribution < -0.4 is 4.74 Å². The maximum atomic E-state index is 11.4. The van der Waals surface area contributed by atoms with Gasteiger partial charge in [-0.15, -0.1) is 0 Å². The molecule has 0 saturated carbocycles. The van der Waals surface area contributed by atoms with E-state index in [0.29, 0.717) is 5.75 Å². The number of carboxylic acids is 1. The number of carboxylic acid groups (broad SMARTS) is 1. The molecule has 19 heavy (non-hydrogen) atoms. The smallest absolute Gasteiger partial charge is 0.322 e. The lowest BCUT2D eigenvalue weighted by Crippen LogP contribution is -2.13. The second kappa shape index (κ2) is 5.82. The number of carbonyl (C=O) groups is 2. The molecule has 0 heterocycles. The van der Waals surface area contributed by atoms with Gasteiger partial charge in [0, 0.05) is 5.56 Å². The van der Waals surface area contributed by atoms with E-state index in [1.54, 1.807) is 12.1 Å². The number of para-hydroxylation sites is 1. The molecule has 0 aromatic heterocycles. The Morgan fingerprint density at radius 3 is 2.26 bits per heavy atom. The van der Waals surface area contributed by atoms with E-state index < -0.39 is 18.4 Å². The molecule has 0 aliphatic heterocycles. The maximum absolute atomic E-state index is 11.4. The fourth-order valence-corrected chi connectivity index (χ4v) is 1.69. The van der Waals surface area contributed by atoms with Crippen molar-refractivity contribution >= 4 is 11.9 Å². The third-order valence-corrected chi connectivity index (χ3v) is 2.49. The number of ether oxygens (including phenoxy) is 1. The topological polar surface area (TPSA) is 63.6 Å². The van der Waals surface area contributed by atoms with Gasteiger partial charge < -0.3 is 9.84 Å². The van der Waals surface area contributed by atoms with E-state index in [1.165, 1.54) is 0 Å². The number of esters is 1. The minimum Gasteiger partial charge on any atom is -0.481 e. The van der Waals surface area contributed by atoms with E-state index in [1.807, 2.05) is 42.5 Å². The molecule has 4 heteroatoms. The summed E-state index contributed by atoms with van der Waals surface area (Å²) < 4.78 is 5.09. The normalized spacial score (nSPS) is 9.89. The van der Waals surface area contributed by atoms with Crippen LogP contribution in [0, 0.1) is 0 Å². The zero-order valence-electron chi connectivity index (χ0n) is 10.1. The number of hydrogen-bond donors (Lipinski definition) is 1. The highest BCUT2D eigenvalue weighted by Gasteiger charge is 2.13. The van der Waals surface area contributed by atoms with Gasteiger partial charge in [-0.2, -0.15) is 0 Å². The average molecular weight is 256 g/mol. The Kier molecular flexibility index (Phi) is 3.93. The molecule has 0 atom stereocenters. The van der Waals surface area contributed by atoms with E-state index in [2.05, 4.69) is 0 Å². The van der Waals surface area contributed by atoms with Gasteiger partial charge in [-0.1, -0.05) is 48.5 Å². The monoisotopic (exact) mass is 256 g/mol. The first kappa shape index (κ1) is 12.8. The number of carbonyl (C=O) groups excluding carboxylic acids is 1. The summed E-state index contributed by atoms with van der Waals surface area (Å²) >= 11 is 0.